The van der Waals surface area contributed by atoms with Crippen LogP contribution in [0.25, 0.3) is 0 Å². The minimum atomic E-state index is -0.215. The fourth-order valence-corrected chi connectivity index (χ4v) is 2.00. The molecule has 0 aliphatic rings. The van der Waals surface area contributed by atoms with Crippen LogP contribution in [-0.4, -0.2) is 32.2 Å². The van der Waals surface area contributed by atoms with Gasteiger partial charge in [0, 0.05) is 20.2 Å². The van der Waals surface area contributed by atoms with Gasteiger partial charge in [0.15, 0.2) is 0 Å². The van der Waals surface area contributed by atoms with E-state index in [1.807, 2.05) is 6.92 Å². The summed E-state index contributed by atoms with van der Waals surface area (Å²) < 4.78 is 4.91. The number of carbonyl (C=O) groups excluding carboxylic acids is 1. The number of rotatable bonds is 7. The first kappa shape index (κ1) is 16.7. The second-order valence-corrected chi connectivity index (χ2v) is 5.25. The number of carbonyl (C=O) groups is 1. The first-order chi connectivity index (χ1) is 9.45. The van der Waals surface area contributed by atoms with Crippen molar-refractivity contribution >= 4 is 5.91 Å². The quantitative estimate of drug-likeness (QED) is 0.748. The van der Waals surface area contributed by atoms with Crippen molar-refractivity contribution in [2.24, 2.45) is 0 Å². The van der Waals surface area contributed by atoms with Gasteiger partial charge in [-0.15, -0.1) is 0 Å². The van der Waals surface area contributed by atoms with Crippen molar-refractivity contribution in [1.29, 1.82) is 0 Å². The number of amides is 1. The van der Waals surface area contributed by atoms with Gasteiger partial charge in [-0.25, -0.2) is 0 Å². The summed E-state index contributed by atoms with van der Waals surface area (Å²) in [4.78, 5) is 11.8. The van der Waals surface area contributed by atoms with E-state index in [1.165, 1.54) is 22.3 Å². The SMILES string of the molecule is COCCNC(=O)C(C)NCc1cc(C)c(C)cc1C. The molecule has 4 nitrogen and oxygen atoms in total. The van der Waals surface area contributed by atoms with Crippen LogP contribution in [0.2, 0.25) is 0 Å². The molecule has 20 heavy (non-hydrogen) atoms. The van der Waals surface area contributed by atoms with Gasteiger partial charge in [0.25, 0.3) is 0 Å². The maximum absolute atomic E-state index is 11.8. The van der Waals surface area contributed by atoms with Gasteiger partial charge in [0.1, 0.15) is 0 Å². The Kier molecular flexibility index (Phi) is 6.68. The van der Waals surface area contributed by atoms with E-state index in [4.69, 9.17) is 4.74 Å². The molecule has 0 aliphatic carbocycles. The lowest BCUT2D eigenvalue weighted by atomic mass is 10.0. The molecule has 0 aliphatic heterocycles. The normalized spacial score (nSPS) is 12.2. The standard InChI is InChI=1S/C16H26N2O2/c1-11-8-13(3)15(9-12(11)2)10-18-14(4)16(19)17-6-7-20-5/h8-9,14,18H,6-7,10H2,1-5H3,(H,17,19). The average Bonchev–Trinajstić information content (AvgIpc) is 2.41. The largest absolute Gasteiger partial charge is 0.383 e. The predicted molar refractivity (Wildman–Crippen MR) is 81.8 cm³/mol. The summed E-state index contributed by atoms with van der Waals surface area (Å²) in [6.07, 6.45) is 0. The van der Waals surface area contributed by atoms with E-state index in [0.717, 1.165) is 0 Å². The number of aryl methyl sites for hydroxylation is 3. The van der Waals surface area contributed by atoms with Gasteiger partial charge in [-0.3, -0.25) is 4.79 Å². The monoisotopic (exact) mass is 278 g/mol. The molecular weight excluding hydrogens is 252 g/mol. The van der Waals surface area contributed by atoms with Crippen LogP contribution in [0.15, 0.2) is 12.1 Å². The molecule has 1 unspecified atom stereocenters. The van der Waals surface area contributed by atoms with E-state index in [1.54, 1.807) is 7.11 Å². The lowest BCUT2D eigenvalue weighted by Crippen LogP contribution is -2.42. The molecule has 1 aromatic rings. The van der Waals surface area contributed by atoms with Crippen LogP contribution in [-0.2, 0) is 16.1 Å². The summed E-state index contributed by atoms with van der Waals surface area (Å²) in [6, 6.07) is 4.16. The number of benzene rings is 1. The Balaban J connectivity index is 2.50. The maximum Gasteiger partial charge on any atom is 0.236 e. The zero-order valence-corrected chi connectivity index (χ0v) is 13.2. The molecule has 1 amide bonds. The highest BCUT2D eigenvalue weighted by Crippen LogP contribution is 2.15. The molecule has 0 saturated heterocycles. The van der Waals surface area contributed by atoms with Crippen LogP contribution < -0.4 is 10.6 Å². The molecule has 4 heteroatoms. The smallest absolute Gasteiger partial charge is 0.236 e. The van der Waals surface area contributed by atoms with Crippen molar-refractivity contribution in [2.75, 3.05) is 20.3 Å². The highest BCUT2D eigenvalue weighted by atomic mass is 16.5. The molecule has 0 heterocycles. The minimum absolute atomic E-state index is 0.00327. The van der Waals surface area contributed by atoms with E-state index in [2.05, 4.69) is 43.5 Å². The Bertz CT molecular complexity index is 458. The van der Waals surface area contributed by atoms with Crippen molar-refractivity contribution in [2.45, 2.75) is 40.3 Å². The van der Waals surface area contributed by atoms with Crippen LogP contribution in [0.1, 0.15) is 29.2 Å². The molecule has 1 aromatic carbocycles. The summed E-state index contributed by atoms with van der Waals surface area (Å²) in [5, 5.41) is 6.09. The average molecular weight is 278 g/mol. The van der Waals surface area contributed by atoms with E-state index < -0.39 is 0 Å². The van der Waals surface area contributed by atoms with Crippen molar-refractivity contribution in [3.05, 3.63) is 34.4 Å². The molecule has 2 N–H and O–H groups in total. The first-order valence-corrected chi connectivity index (χ1v) is 7.02. The summed E-state index contributed by atoms with van der Waals surface area (Å²) in [6.45, 7) is 9.99. The molecule has 0 radical (unpaired) electrons. The lowest BCUT2D eigenvalue weighted by Gasteiger charge is -2.16. The van der Waals surface area contributed by atoms with E-state index in [9.17, 15) is 4.79 Å². The van der Waals surface area contributed by atoms with Crippen molar-refractivity contribution in [3.63, 3.8) is 0 Å². The molecular formula is C16H26N2O2. The fraction of sp³-hybridized carbons (Fsp3) is 0.562. The fourth-order valence-electron chi connectivity index (χ4n) is 2.00. The summed E-state index contributed by atoms with van der Waals surface area (Å²) >= 11 is 0. The van der Waals surface area contributed by atoms with E-state index >= 15 is 0 Å². The van der Waals surface area contributed by atoms with Gasteiger partial charge >= 0.3 is 0 Å². The minimum Gasteiger partial charge on any atom is -0.383 e. The van der Waals surface area contributed by atoms with Crippen molar-refractivity contribution < 1.29 is 9.53 Å². The molecule has 0 spiro atoms. The molecule has 112 valence electrons. The van der Waals surface area contributed by atoms with Gasteiger partial charge in [0.2, 0.25) is 5.91 Å². The molecule has 0 aromatic heterocycles. The predicted octanol–water partition coefficient (Wildman–Crippen LogP) is 1.85. The number of hydrogen-bond acceptors (Lipinski definition) is 3. The van der Waals surface area contributed by atoms with Gasteiger partial charge < -0.3 is 15.4 Å². The zero-order valence-electron chi connectivity index (χ0n) is 13.2. The van der Waals surface area contributed by atoms with Crippen LogP contribution >= 0.6 is 0 Å². The van der Waals surface area contributed by atoms with Gasteiger partial charge in [-0.1, -0.05) is 12.1 Å². The third-order valence-corrected chi connectivity index (χ3v) is 3.55. The van der Waals surface area contributed by atoms with Crippen LogP contribution in [0.4, 0.5) is 0 Å². The van der Waals surface area contributed by atoms with Crippen LogP contribution in [0, 0.1) is 20.8 Å². The van der Waals surface area contributed by atoms with Gasteiger partial charge in [0.05, 0.1) is 12.6 Å². The summed E-state index contributed by atoms with van der Waals surface area (Å²) in [5.41, 5.74) is 5.08. The number of nitrogens with one attached hydrogen (secondary N) is 2. The van der Waals surface area contributed by atoms with Crippen LogP contribution in [0.3, 0.4) is 0 Å². The second-order valence-electron chi connectivity index (χ2n) is 5.25. The Morgan fingerprint density at radius 2 is 1.85 bits per heavy atom. The van der Waals surface area contributed by atoms with Gasteiger partial charge in [-0.2, -0.15) is 0 Å². The topological polar surface area (TPSA) is 50.4 Å². The molecule has 0 fully saturated rings. The number of ether oxygens (including phenoxy) is 1. The number of methoxy groups -OCH3 is 1. The summed E-state index contributed by atoms with van der Waals surface area (Å²) in [5.74, 6) is 0.00327. The van der Waals surface area contributed by atoms with Crippen molar-refractivity contribution in [3.8, 4) is 0 Å². The Hall–Kier alpha value is -1.39. The third kappa shape index (κ3) is 4.94. The first-order valence-electron chi connectivity index (χ1n) is 7.02. The molecule has 0 bridgehead atoms. The molecule has 1 atom stereocenters. The van der Waals surface area contributed by atoms with E-state index in [-0.39, 0.29) is 11.9 Å². The second kappa shape index (κ2) is 8.02. The number of hydrogen-bond donors (Lipinski definition) is 2. The molecule has 1 rings (SSSR count). The molecule has 0 saturated carbocycles. The highest BCUT2D eigenvalue weighted by Gasteiger charge is 2.12. The maximum atomic E-state index is 11.8. The lowest BCUT2D eigenvalue weighted by molar-refractivity contribution is -0.122. The Morgan fingerprint density at radius 3 is 2.50 bits per heavy atom. The Labute approximate surface area is 121 Å². The summed E-state index contributed by atoms with van der Waals surface area (Å²) in [7, 11) is 1.62. The third-order valence-electron chi connectivity index (χ3n) is 3.55. The highest BCUT2D eigenvalue weighted by molar-refractivity contribution is 5.81. The van der Waals surface area contributed by atoms with E-state index in [0.29, 0.717) is 19.7 Å². The van der Waals surface area contributed by atoms with Crippen LogP contribution in [0.5, 0.6) is 0 Å². The Morgan fingerprint density at radius 1 is 1.20 bits per heavy atom. The zero-order chi connectivity index (χ0) is 15.1. The van der Waals surface area contributed by atoms with Crippen molar-refractivity contribution in [1.82, 2.24) is 10.6 Å². The van der Waals surface area contributed by atoms with Gasteiger partial charge in [-0.05, 0) is 49.9 Å².